The molecule has 0 aromatic heterocycles. The number of fused-ring (bicyclic) bond motifs is 1. The molecular weight excluding hydrogens is 368 g/mol. The number of hydrogen-bond acceptors (Lipinski definition) is 4. The van der Waals surface area contributed by atoms with Gasteiger partial charge in [0.1, 0.15) is 5.66 Å². The van der Waals surface area contributed by atoms with E-state index in [0.717, 1.165) is 6.42 Å². The number of anilines is 1. The maximum atomic E-state index is 12.6. The predicted octanol–water partition coefficient (Wildman–Crippen LogP) is 2.93. The van der Waals surface area contributed by atoms with E-state index in [0.29, 0.717) is 31.9 Å². The van der Waals surface area contributed by atoms with Crippen molar-refractivity contribution in [2.45, 2.75) is 19.0 Å². The van der Waals surface area contributed by atoms with Gasteiger partial charge in [-0.05, 0) is 30.2 Å². The van der Waals surface area contributed by atoms with Gasteiger partial charge in [-0.15, -0.1) is 0 Å². The number of amides is 2. The fourth-order valence-corrected chi connectivity index (χ4v) is 3.99. The van der Waals surface area contributed by atoms with Crippen molar-refractivity contribution in [1.82, 2.24) is 9.80 Å². The molecule has 0 spiro atoms. The molecule has 2 aliphatic heterocycles. The number of nitrogens with zero attached hydrogens (tertiary/aromatic N) is 3. The number of carboxylic acid groups (broad SMARTS) is 1. The van der Waals surface area contributed by atoms with Crippen LogP contribution in [0.15, 0.2) is 53.5 Å². The summed E-state index contributed by atoms with van der Waals surface area (Å²) in [5, 5.41) is 12.0. The van der Waals surface area contributed by atoms with Crippen LogP contribution in [0.5, 0.6) is 0 Å². The molecule has 1 unspecified atom stereocenters. The second-order valence-corrected chi connectivity index (χ2v) is 7.61. The first-order valence-electron chi connectivity index (χ1n) is 9.73. The van der Waals surface area contributed by atoms with Gasteiger partial charge in [0.25, 0.3) is 0 Å². The van der Waals surface area contributed by atoms with Crippen LogP contribution in [-0.4, -0.2) is 65.0 Å². The average Bonchev–Trinajstić information content (AvgIpc) is 2.74. The number of hydrogen-bond donors (Lipinski definition) is 2. The van der Waals surface area contributed by atoms with Crippen LogP contribution < -0.4 is 5.32 Å². The lowest BCUT2D eigenvalue weighted by atomic mass is 9.93. The summed E-state index contributed by atoms with van der Waals surface area (Å²) in [5.41, 5.74) is 2.54. The van der Waals surface area contributed by atoms with Gasteiger partial charge in [0, 0.05) is 38.8 Å². The Bertz CT molecular complexity index is 966. The van der Waals surface area contributed by atoms with Crippen molar-refractivity contribution in [3.63, 3.8) is 0 Å². The Morgan fingerprint density at radius 3 is 2.48 bits per heavy atom. The third-order valence-corrected chi connectivity index (χ3v) is 5.71. The maximum Gasteiger partial charge on any atom is 0.337 e. The Balaban J connectivity index is 1.39. The van der Waals surface area contributed by atoms with Gasteiger partial charge in [0.15, 0.2) is 0 Å². The highest BCUT2D eigenvalue weighted by molar-refractivity contribution is 6.00. The normalized spacial score (nSPS) is 21.5. The lowest BCUT2D eigenvalue weighted by molar-refractivity contribution is 0.0599. The number of carbonyl (C=O) groups is 2. The molecule has 0 radical (unpaired) electrons. The average molecular weight is 392 g/mol. The van der Waals surface area contributed by atoms with Crippen LogP contribution in [0, 0.1) is 0 Å². The molecule has 0 aliphatic carbocycles. The first-order chi connectivity index (χ1) is 14.0. The number of piperazine rings is 1. The van der Waals surface area contributed by atoms with E-state index >= 15 is 0 Å². The molecule has 1 atom stereocenters. The van der Waals surface area contributed by atoms with Crippen molar-refractivity contribution in [1.29, 1.82) is 0 Å². The summed E-state index contributed by atoms with van der Waals surface area (Å²) in [7, 11) is 0. The zero-order valence-electron chi connectivity index (χ0n) is 16.3. The Hall–Kier alpha value is -3.19. The number of nitrogens with one attached hydrogen (secondary N) is 1. The predicted molar refractivity (Wildman–Crippen MR) is 112 cm³/mol. The largest absolute Gasteiger partial charge is 0.478 e. The Morgan fingerprint density at radius 2 is 1.72 bits per heavy atom. The minimum Gasteiger partial charge on any atom is -0.478 e. The van der Waals surface area contributed by atoms with Gasteiger partial charge in [-0.1, -0.05) is 36.4 Å². The van der Waals surface area contributed by atoms with E-state index in [4.69, 9.17) is 4.99 Å². The topological polar surface area (TPSA) is 85.2 Å². The van der Waals surface area contributed by atoms with E-state index in [-0.39, 0.29) is 17.3 Å². The highest BCUT2D eigenvalue weighted by Gasteiger charge is 2.36. The van der Waals surface area contributed by atoms with Crippen LogP contribution in [0.25, 0.3) is 0 Å². The summed E-state index contributed by atoms with van der Waals surface area (Å²) in [6.45, 7) is 4.69. The number of aromatic carboxylic acids is 1. The Labute approximate surface area is 169 Å². The van der Waals surface area contributed by atoms with Crippen molar-refractivity contribution >= 4 is 23.9 Å². The van der Waals surface area contributed by atoms with Crippen molar-refractivity contribution in [2.24, 2.45) is 4.99 Å². The summed E-state index contributed by atoms with van der Waals surface area (Å²) in [6, 6.07) is 14.5. The number of benzene rings is 2. The van der Waals surface area contributed by atoms with Crippen molar-refractivity contribution in [3.8, 4) is 0 Å². The van der Waals surface area contributed by atoms with Crippen molar-refractivity contribution in [2.75, 3.05) is 31.5 Å². The summed E-state index contributed by atoms with van der Waals surface area (Å²) >= 11 is 0. The van der Waals surface area contributed by atoms with E-state index in [1.807, 2.05) is 12.3 Å². The minimum absolute atomic E-state index is 0.0854. The zero-order chi connectivity index (χ0) is 20.4. The van der Waals surface area contributed by atoms with Crippen LogP contribution in [0.2, 0.25) is 0 Å². The maximum absolute atomic E-state index is 12.6. The van der Waals surface area contributed by atoms with Gasteiger partial charge >= 0.3 is 12.0 Å². The van der Waals surface area contributed by atoms with Gasteiger partial charge in [-0.3, -0.25) is 9.89 Å². The van der Waals surface area contributed by atoms with Crippen LogP contribution in [0.1, 0.15) is 28.4 Å². The molecule has 1 fully saturated rings. The quantitative estimate of drug-likeness (QED) is 0.841. The second kappa shape index (κ2) is 7.67. The van der Waals surface area contributed by atoms with E-state index in [1.165, 1.54) is 17.2 Å². The molecule has 7 nitrogen and oxygen atoms in total. The smallest absolute Gasteiger partial charge is 0.337 e. The van der Waals surface area contributed by atoms with E-state index in [2.05, 4.69) is 35.3 Å². The molecule has 2 heterocycles. The number of para-hydroxylation sites is 1. The highest BCUT2D eigenvalue weighted by Crippen LogP contribution is 2.29. The molecule has 2 N–H and O–H groups in total. The van der Waals surface area contributed by atoms with Gasteiger partial charge in [-0.25, -0.2) is 9.59 Å². The van der Waals surface area contributed by atoms with E-state index in [1.54, 1.807) is 23.1 Å². The van der Waals surface area contributed by atoms with Gasteiger partial charge in [-0.2, -0.15) is 0 Å². The molecule has 2 amide bonds. The van der Waals surface area contributed by atoms with Gasteiger partial charge < -0.3 is 15.3 Å². The SMILES string of the molecule is CC1(N2CCN(C(=O)Nc3ccccc3C(=O)O)CC2)Cc2ccccc2C=N1. The first kappa shape index (κ1) is 19.1. The van der Waals surface area contributed by atoms with Crippen LogP contribution in [0.3, 0.4) is 0 Å². The van der Waals surface area contributed by atoms with Crippen molar-refractivity contribution in [3.05, 3.63) is 65.2 Å². The molecular formula is C22H24N4O3. The number of rotatable bonds is 3. The van der Waals surface area contributed by atoms with Crippen LogP contribution in [-0.2, 0) is 6.42 Å². The Morgan fingerprint density at radius 1 is 1.03 bits per heavy atom. The summed E-state index contributed by atoms with van der Waals surface area (Å²) < 4.78 is 0. The van der Waals surface area contributed by atoms with Gasteiger partial charge in [0.05, 0.1) is 11.3 Å². The molecule has 2 aromatic carbocycles. The Kier molecular flexibility index (Phi) is 5.07. The molecule has 2 aliphatic rings. The molecule has 29 heavy (non-hydrogen) atoms. The minimum atomic E-state index is -1.06. The summed E-state index contributed by atoms with van der Waals surface area (Å²) in [4.78, 5) is 32.8. The third kappa shape index (κ3) is 3.86. The highest BCUT2D eigenvalue weighted by atomic mass is 16.4. The van der Waals surface area contributed by atoms with E-state index in [9.17, 15) is 14.7 Å². The first-order valence-corrected chi connectivity index (χ1v) is 9.73. The lowest BCUT2D eigenvalue weighted by Crippen LogP contribution is -2.58. The summed E-state index contributed by atoms with van der Waals surface area (Å²) in [6.07, 6.45) is 2.79. The summed E-state index contributed by atoms with van der Waals surface area (Å²) in [5.74, 6) is -1.06. The number of urea groups is 1. The molecule has 0 saturated carbocycles. The monoisotopic (exact) mass is 392 g/mol. The molecule has 2 aromatic rings. The van der Waals surface area contributed by atoms with Crippen LogP contribution in [0.4, 0.5) is 10.5 Å². The fraction of sp³-hybridized carbons (Fsp3) is 0.318. The standard InChI is InChI=1S/C22H24N4O3/c1-22(14-16-6-2-3-7-17(16)15-23-22)26-12-10-25(11-13-26)21(29)24-19-9-5-4-8-18(19)20(27)28/h2-9,15H,10-14H2,1H3,(H,24,29)(H,27,28). The van der Waals surface area contributed by atoms with Crippen LogP contribution >= 0.6 is 0 Å². The van der Waals surface area contributed by atoms with Gasteiger partial charge in [0.2, 0.25) is 0 Å². The zero-order valence-corrected chi connectivity index (χ0v) is 16.3. The van der Waals surface area contributed by atoms with Crippen molar-refractivity contribution < 1.29 is 14.7 Å². The third-order valence-electron chi connectivity index (χ3n) is 5.71. The molecule has 7 heteroatoms. The molecule has 4 rings (SSSR count). The second-order valence-electron chi connectivity index (χ2n) is 7.61. The number of carbonyl (C=O) groups excluding carboxylic acids is 1. The lowest BCUT2D eigenvalue weighted by Gasteiger charge is -2.45. The molecule has 1 saturated heterocycles. The molecule has 150 valence electrons. The number of aliphatic imine (C=N–C) groups is 1. The van der Waals surface area contributed by atoms with E-state index < -0.39 is 5.97 Å². The molecule has 0 bridgehead atoms. The fourth-order valence-electron chi connectivity index (χ4n) is 3.99. The number of carboxylic acids is 1.